The zero-order chi connectivity index (χ0) is 16.2. The standard InChI is InChI=1S/C16H11ClF3NO/c17-13-5-7-14(8-6-13)21-15(22)9-4-11-2-1-3-12(10-11)16(18,19)20/h1-10H,(H,21,22)/b9-4+. The summed E-state index contributed by atoms with van der Waals surface area (Å²) < 4.78 is 37.7. The Hall–Kier alpha value is -2.27. The first-order valence-electron chi connectivity index (χ1n) is 6.26. The number of carbonyl (C=O) groups excluding carboxylic acids is 1. The van der Waals surface area contributed by atoms with Gasteiger partial charge < -0.3 is 5.32 Å². The van der Waals surface area contributed by atoms with Crippen molar-refractivity contribution in [2.24, 2.45) is 0 Å². The van der Waals surface area contributed by atoms with E-state index in [0.717, 1.165) is 12.1 Å². The summed E-state index contributed by atoms with van der Waals surface area (Å²) in [6.07, 6.45) is -1.92. The molecule has 2 aromatic carbocycles. The lowest BCUT2D eigenvalue weighted by Gasteiger charge is -2.06. The van der Waals surface area contributed by atoms with Crippen LogP contribution in [0.25, 0.3) is 6.08 Å². The summed E-state index contributed by atoms with van der Waals surface area (Å²) in [7, 11) is 0. The third-order valence-electron chi connectivity index (χ3n) is 2.75. The summed E-state index contributed by atoms with van der Waals surface area (Å²) in [6, 6.07) is 11.2. The van der Waals surface area contributed by atoms with Crippen LogP contribution in [0.1, 0.15) is 11.1 Å². The molecular weight excluding hydrogens is 315 g/mol. The number of benzene rings is 2. The maximum absolute atomic E-state index is 12.6. The molecule has 0 saturated carbocycles. The van der Waals surface area contributed by atoms with Crippen LogP contribution in [0, 0.1) is 0 Å². The van der Waals surface area contributed by atoms with E-state index >= 15 is 0 Å². The van der Waals surface area contributed by atoms with Crippen molar-refractivity contribution in [3.05, 3.63) is 70.8 Å². The molecule has 2 nitrogen and oxygen atoms in total. The molecule has 0 spiro atoms. The third kappa shape index (κ3) is 4.63. The first kappa shape index (κ1) is 16.1. The van der Waals surface area contributed by atoms with Crippen LogP contribution >= 0.6 is 11.6 Å². The van der Waals surface area contributed by atoms with Crippen LogP contribution in [0.4, 0.5) is 18.9 Å². The Bertz CT molecular complexity index is 693. The smallest absolute Gasteiger partial charge is 0.323 e. The van der Waals surface area contributed by atoms with Crippen LogP contribution in [-0.4, -0.2) is 5.91 Å². The minimum atomic E-state index is -4.41. The molecular formula is C16H11ClF3NO. The third-order valence-corrected chi connectivity index (χ3v) is 3.00. The van der Waals surface area contributed by atoms with Crippen LogP contribution in [-0.2, 0) is 11.0 Å². The van der Waals surface area contributed by atoms with Gasteiger partial charge in [-0.3, -0.25) is 4.79 Å². The highest BCUT2D eigenvalue weighted by molar-refractivity contribution is 6.30. The largest absolute Gasteiger partial charge is 0.416 e. The minimum absolute atomic E-state index is 0.293. The van der Waals surface area contributed by atoms with Crippen molar-refractivity contribution >= 4 is 29.3 Å². The van der Waals surface area contributed by atoms with E-state index in [1.807, 2.05) is 0 Å². The molecule has 0 aliphatic carbocycles. The fourth-order valence-electron chi connectivity index (χ4n) is 1.71. The zero-order valence-electron chi connectivity index (χ0n) is 11.2. The summed E-state index contributed by atoms with van der Waals surface area (Å²) >= 11 is 5.72. The maximum atomic E-state index is 12.6. The summed E-state index contributed by atoms with van der Waals surface area (Å²) in [5.41, 5.74) is 0.0805. The minimum Gasteiger partial charge on any atom is -0.323 e. The van der Waals surface area contributed by atoms with Crippen LogP contribution in [0.15, 0.2) is 54.6 Å². The number of hydrogen-bond acceptors (Lipinski definition) is 1. The Balaban J connectivity index is 2.05. The SMILES string of the molecule is O=C(/C=C/c1cccc(C(F)(F)F)c1)Nc1ccc(Cl)cc1. The van der Waals surface area contributed by atoms with Crippen molar-refractivity contribution < 1.29 is 18.0 Å². The average Bonchev–Trinajstić information content (AvgIpc) is 2.47. The van der Waals surface area contributed by atoms with Crippen molar-refractivity contribution in [3.8, 4) is 0 Å². The predicted molar refractivity (Wildman–Crippen MR) is 80.6 cm³/mol. The van der Waals surface area contributed by atoms with Crippen LogP contribution < -0.4 is 5.32 Å². The zero-order valence-corrected chi connectivity index (χ0v) is 11.9. The topological polar surface area (TPSA) is 29.1 Å². The van der Waals surface area contributed by atoms with Crippen molar-refractivity contribution in [2.75, 3.05) is 5.32 Å². The van der Waals surface area contributed by atoms with Gasteiger partial charge in [0.1, 0.15) is 0 Å². The van der Waals surface area contributed by atoms with Crippen molar-refractivity contribution in [1.82, 2.24) is 0 Å². The average molecular weight is 326 g/mol. The van der Waals surface area contributed by atoms with E-state index in [9.17, 15) is 18.0 Å². The van der Waals surface area contributed by atoms with Crippen LogP contribution in [0.3, 0.4) is 0 Å². The van der Waals surface area contributed by atoms with Gasteiger partial charge >= 0.3 is 6.18 Å². The van der Waals surface area contributed by atoms with E-state index in [-0.39, 0.29) is 0 Å². The van der Waals surface area contributed by atoms with Crippen LogP contribution in [0.2, 0.25) is 5.02 Å². The fraction of sp³-hybridized carbons (Fsp3) is 0.0625. The molecule has 0 aliphatic rings. The Labute approximate surface area is 130 Å². The molecule has 2 aromatic rings. The highest BCUT2D eigenvalue weighted by atomic mass is 35.5. The lowest BCUT2D eigenvalue weighted by Crippen LogP contribution is -2.07. The molecule has 114 valence electrons. The molecule has 22 heavy (non-hydrogen) atoms. The Morgan fingerprint density at radius 3 is 2.41 bits per heavy atom. The monoisotopic (exact) mass is 325 g/mol. The summed E-state index contributed by atoms with van der Waals surface area (Å²) in [5.74, 6) is -0.445. The predicted octanol–water partition coefficient (Wildman–Crippen LogP) is 5.01. The molecule has 2 rings (SSSR count). The van der Waals surface area contributed by atoms with Gasteiger partial charge in [0.25, 0.3) is 0 Å². The van der Waals surface area contributed by atoms with Gasteiger partial charge in [-0.15, -0.1) is 0 Å². The quantitative estimate of drug-likeness (QED) is 0.790. The van der Waals surface area contributed by atoms with Gasteiger partial charge in [0.15, 0.2) is 0 Å². The highest BCUT2D eigenvalue weighted by Crippen LogP contribution is 2.29. The van der Waals surface area contributed by atoms with Gasteiger partial charge in [-0.2, -0.15) is 13.2 Å². The van der Waals surface area contributed by atoms with E-state index in [0.29, 0.717) is 16.3 Å². The van der Waals surface area contributed by atoms with Gasteiger partial charge in [0.05, 0.1) is 5.56 Å². The number of amides is 1. The molecule has 0 bridgehead atoms. The molecule has 0 saturated heterocycles. The summed E-state index contributed by atoms with van der Waals surface area (Å²) in [6.45, 7) is 0. The molecule has 0 fully saturated rings. The van der Waals surface area contributed by atoms with Gasteiger partial charge in [-0.1, -0.05) is 23.7 Å². The number of halogens is 4. The second-order valence-electron chi connectivity index (χ2n) is 4.45. The van der Waals surface area contributed by atoms with E-state index < -0.39 is 17.6 Å². The van der Waals surface area contributed by atoms with Crippen molar-refractivity contribution in [1.29, 1.82) is 0 Å². The summed E-state index contributed by atoms with van der Waals surface area (Å²) in [5, 5.41) is 3.12. The lowest BCUT2D eigenvalue weighted by molar-refractivity contribution is -0.137. The van der Waals surface area contributed by atoms with E-state index in [1.54, 1.807) is 24.3 Å². The Morgan fingerprint density at radius 2 is 1.77 bits per heavy atom. The number of carbonyl (C=O) groups is 1. The highest BCUT2D eigenvalue weighted by Gasteiger charge is 2.30. The number of nitrogens with one attached hydrogen (secondary N) is 1. The number of alkyl halides is 3. The first-order chi connectivity index (χ1) is 10.3. The second-order valence-corrected chi connectivity index (χ2v) is 4.89. The van der Waals surface area contributed by atoms with Gasteiger partial charge in [0.2, 0.25) is 5.91 Å². The number of anilines is 1. The molecule has 1 N–H and O–H groups in total. The van der Waals surface area contributed by atoms with Crippen LogP contribution in [0.5, 0.6) is 0 Å². The normalized spacial score (nSPS) is 11.6. The molecule has 0 radical (unpaired) electrons. The molecule has 0 atom stereocenters. The Kier molecular flexibility index (Phi) is 4.88. The lowest BCUT2D eigenvalue weighted by atomic mass is 10.1. The van der Waals surface area contributed by atoms with Gasteiger partial charge in [-0.25, -0.2) is 0 Å². The number of hydrogen-bond donors (Lipinski definition) is 1. The van der Waals surface area contributed by atoms with Gasteiger partial charge in [0, 0.05) is 16.8 Å². The molecule has 6 heteroatoms. The van der Waals surface area contributed by atoms with E-state index in [4.69, 9.17) is 11.6 Å². The molecule has 0 aromatic heterocycles. The molecule has 0 unspecified atom stereocenters. The molecule has 0 heterocycles. The van der Waals surface area contributed by atoms with Crippen molar-refractivity contribution in [3.63, 3.8) is 0 Å². The molecule has 1 amide bonds. The van der Waals surface area contributed by atoms with Gasteiger partial charge in [-0.05, 0) is 48.0 Å². The second kappa shape index (κ2) is 6.66. The van der Waals surface area contributed by atoms with Crippen molar-refractivity contribution in [2.45, 2.75) is 6.18 Å². The molecule has 0 aliphatic heterocycles. The maximum Gasteiger partial charge on any atom is 0.416 e. The van der Waals surface area contributed by atoms with E-state index in [2.05, 4.69) is 5.32 Å². The van der Waals surface area contributed by atoms with E-state index in [1.165, 1.54) is 24.3 Å². The summed E-state index contributed by atoms with van der Waals surface area (Å²) in [4.78, 5) is 11.7. The Morgan fingerprint density at radius 1 is 1.09 bits per heavy atom. The first-order valence-corrected chi connectivity index (χ1v) is 6.64. The number of rotatable bonds is 3. The fourth-order valence-corrected chi connectivity index (χ4v) is 1.83.